The Morgan fingerprint density at radius 2 is 1.86 bits per heavy atom. The van der Waals surface area contributed by atoms with Gasteiger partial charge in [0.1, 0.15) is 0 Å². The number of imidazole rings is 1. The van der Waals surface area contributed by atoms with Crippen molar-refractivity contribution in [2.24, 2.45) is 0 Å². The highest BCUT2D eigenvalue weighted by molar-refractivity contribution is 6.31. The number of aromatic amines is 1. The third-order valence-electron chi connectivity index (χ3n) is 3.86. The maximum atomic E-state index is 6.32. The molecule has 2 aromatic carbocycles. The van der Waals surface area contributed by atoms with Crippen LogP contribution in [0.4, 0.5) is 0 Å². The van der Waals surface area contributed by atoms with E-state index in [4.69, 9.17) is 11.6 Å². The highest BCUT2D eigenvalue weighted by Crippen LogP contribution is 2.37. The van der Waals surface area contributed by atoms with Gasteiger partial charge in [0.05, 0.1) is 18.2 Å². The molecule has 0 spiro atoms. The summed E-state index contributed by atoms with van der Waals surface area (Å²) in [6, 6.07) is 12.5. The van der Waals surface area contributed by atoms with E-state index in [1.54, 1.807) is 6.33 Å². The van der Waals surface area contributed by atoms with Crippen LogP contribution in [0.1, 0.15) is 18.1 Å². The number of hydrogen-bond donors (Lipinski definition) is 1. The number of rotatable bonds is 3. The fourth-order valence-electron chi connectivity index (χ4n) is 2.72. The minimum atomic E-state index is 0.800. The Kier molecular flexibility index (Phi) is 3.80. The molecule has 1 aromatic heterocycles. The highest BCUT2D eigenvalue weighted by atomic mass is 35.5. The van der Waals surface area contributed by atoms with Gasteiger partial charge in [-0.25, -0.2) is 4.98 Å². The van der Waals surface area contributed by atoms with Gasteiger partial charge in [0.2, 0.25) is 0 Å². The van der Waals surface area contributed by atoms with E-state index in [1.165, 1.54) is 16.7 Å². The molecule has 0 saturated carbocycles. The number of benzene rings is 2. The van der Waals surface area contributed by atoms with Gasteiger partial charge < -0.3 is 4.98 Å². The van der Waals surface area contributed by atoms with Gasteiger partial charge in [-0.05, 0) is 41.7 Å². The van der Waals surface area contributed by atoms with E-state index in [-0.39, 0.29) is 0 Å². The van der Waals surface area contributed by atoms with Crippen LogP contribution in [0.15, 0.2) is 48.9 Å². The van der Waals surface area contributed by atoms with E-state index in [2.05, 4.69) is 48.1 Å². The van der Waals surface area contributed by atoms with Crippen molar-refractivity contribution < 1.29 is 0 Å². The third kappa shape index (κ3) is 2.47. The lowest BCUT2D eigenvalue weighted by atomic mass is 9.89. The second-order valence-electron chi connectivity index (χ2n) is 5.07. The second kappa shape index (κ2) is 5.74. The van der Waals surface area contributed by atoms with Crippen molar-refractivity contribution in [3.63, 3.8) is 0 Å². The largest absolute Gasteiger partial charge is 0.345 e. The molecular weight excluding hydrogens is 280 g/mol. The number of aryl methyl sites for hydroxylation is 1. The lowest BCUT2D eigenvalue weighted by Gasteiger charge is -2.16. The predicted octanol–water partition coefficient (Wildman–Crippen LogP) is 5.27. The van der Waals surface area contributed by atoms with Gasteiger partial charge in [0.15, 0.2) is 0 Å². The predicted molar refractivity (Wildman–Crippen MR) is 88.6 cm³/mol. The van der Waals surface area contributed by atoms with Crippen LogP contribution in [-0.4, -0.2) is 9.97 Å². The molecule has 0 atom stereocenters. The summed E-state index contributed by atoms with van der Waals surface area (Å²) in [6.07, 6.45) is 4.55. The average molecular weight is 297 g/mol. The summed E-state index contributed by atoms with van der Waals surface area (Å²) in [5.41, 5.74) is 7.04. The molecule has 0 aliphatic carbocycles. The monoisotopic (exact) mass is 296 g/mol. The molecule has 3 heteroatoms. The number of nitrogens with zero attached hydrogens (tertiary/aromatic N) is 1. The van der Waals surface area contributed by atoms with Crippen molar-refractivity contribution in [2.45, 2.75) is 20.3 Å². The van der Waals surface area contributed by atoms with E-state index in [0.717, 1.165) is 28.3 Å². The standard InChI is InChI=1S/C18H17ClN2/c1-3-13-6-4-8-15(17-10-20-11-21-17)18(13)14-7-5-9-16(19)12(14)2/h4-11H,3H2,1-2H3,(H,20,21). The Morgan fingerprint density at radius 1 is 1.10 bits per heavy atom. The summed E-state index contributed by atoms with van der Waals surface area (Å²) in [7, 11) is 0. The summed E-state index contributed by atoms with van der Waals surface area (Å²) in [4.78, 5) is 7.35. The molecule has 0 aliphatic rings. The Bertz CT molecular complexity index is 761. The number of H-pyrrole nitrogens is 1. The van der Waals surface area contributed by atoms with Crippen LogP contribution in [0.2, 0.25) is 5.02 Å². The number of halogens is 1. The Balaban J connectivity index is 2.32. The first-order valence-electron chi connectivity index (χ1n) is 7.08. The molecule has 0 saturated heterocycles. The van der Waals surface area contributed by atoms with Crippen molar-refractivity contribution in [2.75, 3.05) is 0 Å². The van der Waals surface area contributed by atoms with Gasteiger partial charge in [-0.3, -0.25) is 0 Å². The zero-order valence-electron chi connectivity index (χ0n) is 12.2. The third-order valence-corrected chi connectivity index (χ3v) is 4.27. The van der Waals surface area contributed by atoms with Gasteiger partial charge >= 0.3 is 0 Å². The quantitative estimate of drug-likeness (QED) is 0.701. The van der Waals surface area contributed by atoms with Crippen molar-refractivity contribution >= 4 is 11.6 Å². The zero-order chi connectivity index (χ0) is 14.8. The highest BCUT2D eigenvalue weighted by Gasteiger charge is 2.15. The molecule has 106 valence electrons. The van der Waals surface area contributed by atoms with Gasteiger partial charge in [-0.2, -0.15) is 0 Å². The molecule has 0 amide bonds. The summed E-state index contributed by atoms with van der Waals surface area (Å²) in [6.45, 7) is 4.25. The molecule has 2 nitrogen and oxygen atoms in total. The van der Waals surface area contributed by atoms with Gasteiger partial charge in [-0.1, -0.05) is 48.9 Å². The van der Waals surface area contributed by atoms with Crippen molar-refractivity contribution in [3.05, 3.63) is 65.1 Å². The fraction of sp³-hybridized carbons (Fsp3) is 0.167. The topological polar surface area (TPSA) is 28.7 Å². The maximum absolute atomic E-state index is 6.32. The van der Waals surface area contributed by atoms with E-state index in [1.807, 2.05) is 18.3 Å². The van der Waals surface area contributed by atoms with Crippen LogP contribution in [0.5, 0.6) is 0 Å². The van der Waals surface area contributed by atoms with Gasteiger partial charge in [0.25, 0.3) is 0 Å². The summed E-state index contributed by atoms with van der Waals surface area (Å²) >= 11 is 6.32. The van der Waals surface area contributed by atoms with Crippen LogP contribution in [0.25, 0.3) is 22.4 Å². The maximum Gasteiger partial charge on any atom is 0.0924 e. The average Bonchev–Trinajstić information content (AvgIpc) is 3.03. The summed E-state index contributed by atoms with van der Waals surface area (Å²) < 4.78 is 0. The van der Waals surface area contributed by atoms with Crippen LogP contribution in [0, 0.1) is 6.92 Å². The molecular formula is C18H17ClN2. The summed E-state index contributed by atoms with van der Waals surface area (Å²) in [5.74, 6) is 0. The van der Waals surface area contributed by atoms with Crippen LogP contribution < -0.4 is 0 Å². The van der Waals surface area contributed by atoms with Crippen molar-refractivity contribution in [1.29, 1.82) is 0 Å². The Hall–Kier alpha value is -2.06. The van der Waals surface area contributed by atoms with Crippen LogP contribution >= 0.6 is 11.6 Å². The molecule has 3 aromatic rings. The molecule has 0 aliphatic heterocycles. The molecule has 21 heavy (non-hydrogen) atoms. The molecule has 0 radical (unpaired) electrons. The van der Waals surface area contributed by atoms with E-state index >= 15 is 0 Å². The fourth-order valence-corrected chi connectivity index (χ4v) is 2.89. The Labute approximate surface area is 129 Å². The molecule has 3 rings (SSSR count). The first-order valence-corrected chi connectivity index (χ1v) is 7.46. The number of hydrogen-bond acceptors (Lipinski definition) is 1. The lowest BCUT2D eigenvalue weighted by molar-refractivity contribution is 1.14. The van der Waals surface area contributed by atoms with E-state index < -0.39 is 0 Å². The van der Waals surface area contributed by atoms with Crippen molar-refractivity contribution in [3.8, 4) is 22.4 Å². The molecule has 1 heterocycles. The zero-order valence-corrected chi connectivity index (χ0v) is 12.9. The minimum Gasteiger partial charge on any atom is -0.345 e. The summed E-state index contributed by atoms with van der Waals surface area (Å²) in [5, 5.41) is 0.800. The van der Waals surface area contributed by atoms with Gasteiger partial charge in [-0.15, -0.1) is 0 Å². The first-order chi connectivity index (χ1) is 10.2. The van der Waals surface area contributed by atoms with E-state index in [0.29, 0.717) is 0 Å². The first kappa shape index (κ1) is 13.9. The van der Waals surface area contributed by atoms with E-state index in [9.17, 15) is 0 Å². The van der Waals surface area contributed by atoms with Crippen LogP contribution in [-0.2, 0) is 6.42 Å². The lowest BCUT2D eigenvalue weighted by Crippen LogP contribution is -1.94. The number of nitrogens with one attached hydrogen (secondary N) is 1. The van der Waals surface area contributed by atoms with Gasteiger partial charge in [0, 0.05) is 10.6 Å². The molecule has 0 bridgehead atoms. The SMILES string of the molecule is CCc1cccc(-c2cnc[nH]2)c1-c1cccc(Cl)c1C. The Morgan fingerprint density at radius 3 is 2.57 bits per heavy atom. The molecule has 1 N–H and O–H groups in total. The minimum absolute atomic E-state index is 0.800. The molecule has 0 unspecified atom stereocenters. The van der Waals surface area contributed by atoms with Crippen LogP contribution in [0.3, 0.4) is 0 Å². The normalized spacial score (nSPS) is 10.8. The smallest absolute Gasteiger partial charge is 0.0924 e. The number of aromatic nitrogens is 2. The second-order valence-corrected chi connectivity index (χ2v) is 5.48. The van der Waals surface area contributed by atoms with Crippen molar-refractivity contribution in [1.82, 2.24) is 9.97 Å². The molecule has 0 fully saturated rings.